The van der Waals surface area contributed by atoms with Gasteiger partial charge in [-0.3, -0.25) is 4.79 Å². The Bertz CT molecular complexity index is 1410. The van der Waals surface area contributed by atoms with Gasteiger partial charge in [-0.05, 0) is 99.5 Å². The summed E-state index contributed by atoms with van der Waals surface area (Å²) in [4.78, 5) is 24.2. The molecule has 44 heavy (non-hydrogen) atoms. The number of benzene rings is 1. The Hall–Kier alpha value is -3.01. The molecule has 2 fully saturated rings. The third-order valence-corrected chi connectivity index (χ3v) is 10.3. The van der Waals surface area contributed by atoms with Gasteiger partial charge >= 0.3 is 18.1 Å². The second-order valence-electron chi connectivity index (χ2n) is 14.1. The zero-order valence-corrected chi connectivity index (χ0v) is 25.6. The molecule has 0 aromatic heterocycles. The van der Waals surface area contributed by atoms with Crippen molar-refractivity contribution < 1.29 is 36.6 Å². The number of urea groups is 1. The summed E-state index contributed by atoms with van der Waals surface area (Å²) in [6.45, 7) is 7.35. The molecule has 5 rings (SSSR count). The molecule has 0 radical (unpaired) electrons. The first-order chi connectivity index (χ1) is 20.4. The Kier molecular flexibility index (Phi) is 8.17. The minimum atomic E-state index is -5.88. The minimum absolute atomic E-state index is 0.0431. The van der Waals surface area contributed by atoms with E-state index in [-0.39, 0.29) is 36.1 Å². The average molecular weight is 621 g/mol. The standard InChI is InChI=1S/C34H41F5N2O3/c1-30(2,3)41-29(43)40-17-5-6-20-7-9-21(10-8-20)26-19-31(4)27(15-16-32(31,44)33(35,36)34(37,38)39)25-13-11-22-18-23(42)12-14-24(22)28(25)26/h5-10,18,25-27,44H,11-17,19H2,1-4H3,(H2,40,41,43)/b6-5+/t25?,26-,27?,31+,32+/m1/s1. The van der Waals surface area contributed by atoms with E-state index in [0.717, 1.165) is 27.8 Å². The number of nitrogens with one attached hydrogen (secondary N) is 2. The number of ketones is 1. The molecule has 5 atom stereocenters. The van der Waals surface area contributed by atoms with Gasteiger partial charge in [-0.15, -0.1) is 0 Å². The number of rotatable bonds is 5. The molecule has 1 aromatic rings. The fourth-order valence-corrected chi connectivity index (χ4v) is 8.29. The molecule has 5 nitrogen and oxygen atoms in total. The first kappa shape index (κ1) is 32.4. The van der Waals surface area contributed by atoms with Crippen molar-refractivity contribution >= 4 is 17.9 Å². The molecule has 0 bridgehead atoms. The number of carbonyl (C=O) groups is 2. The Morgan fingerprint density at radius 2 is 1.73 bits per heavy atom. The summed E-state index contributed by atoms with van der Waals surface area (Å²) in [5, 5.41) is 17.0. The van der Waals surface area contributed by atoms with Crippen LogP contribution in [-0.4, -0.2) is 46.7 Å². The summed E-state index contributed by atoms with van der Waals surface area (Å²) in [5.41, 5.74) is -0.663. The molecule has 3 N–H and O–H groups in total. The maximum Gasteiger partial charge on any atom is 0.456 e. The van der Waals surface area contributed by atoms with E-state index in [1.54, 1.807) is 12.2 Å². The van der Waals surface area contributed by atoms with Gasteiger partial charge in [-0.2, -0.15) is 22.0 Å². The van der Waals surface area contributed by atoms with Gasteiger partial charge in [0.2, 0.25) is 0 Å². The van der Waals surface area contributed by atoms with Gasteiger partial charge in [0.1, 0.15) is 5.60 Å². The van der Waals surface area contributed by atoms with Crippen molar-refractivity contribution in [1.29, 1.82) is 0 Å². The fourth-order valence-electron chi connectivity index (χ4n) is 8.29. The van der Waals surface area contributed by atoms with Crippen molar-refractivity contribution in [3.63, 3.8) is 0 Å². The van der Waals surface area contributed by atoms with Crippen LogP contribution in [0.2, 0.25) is 0 Å². The summed E-state index contributed by atoms with van der Waals surface area (Å²) in [7, 11) is 0. The van der Waals surface area contributed by atoms with Crippen molar-refractivity contribution in [3.05, 3.63) is 64.3 Å². The van der Waals surface area contributed by atoms with E-state index in [4.69, 9.17) is 0 Å². The van der Waals surface area contributed by atoms with Gasteiger partial charge in [-0.1, -0.05) is 48.9 Å². The Labute approximate surface area is 255 Å². The molecule has 1 aromatic carbocycles. The SMILES string of the molecule is CC(C)(C)NC(=O)NC/C=C/c1ccc([C@H]2C[C@@]3(C)C(CC[C@@]3(O)C(F)(F)C(F)(F)F)C3CCC4=CC(=O)CCC4=C32)cc1. The van der Waals surface area contributed by atoms with Crippen LogP contribution in [0.3, 0.4) is 0 Å². The largest absolute Gasteiger partial charge is 0.456 e. The molecule has 0 aliphatic heterocycles. The maximum atomic E-state index is 15.2. The Morgan fingerprint density at radius 3 is 2.36 bits per heavy atom. The zero-order chi connectivity index (χ0) is 32.3. The number of carbonyl (C=O) groups excluding carboxylic acids is 2. The molecule has 0 saturated heterocycles. The summed E-state index contributed by atoms with van der Waals surface area (Å²) >= 11 is 0. The molecule has 0 spiro atoms. The first-order valence-electron chi connectivity index (χ1n) is 15.3. The molecular weight excluding hydrogens is 579 g/mol. The van der Waals surface area contributed by atoms with Gasteiger partial charge < -0.3 is 15.7 Å². The van der Waals surface area contributed by atoms with Gasteiger partial charge in [0.25, 0.3) is 0 Å². The zero-order valence-electron chi connectivity index (χ0n) is 25.6. The highest BCUT2D eigenvalue weighted by Crippen LogP contribution is 2.70. The van der Waals surface area contributed by atoms with Crippen molar-refractivity contribution in [2.75, 3.05) is 6.54 Å². The lowest BCUT2D eigenvalue weighted by Gasteiger charge is -2.56. The quantitative estimate of drug-likeness (QED) is 0.296. The van der Waals surface area contributed by atoms with Crippen LogP contribution in [0.15, 0.2) is 53.1 Å². The molecule has 2 amide bonds. The highest BCUT2D eigenvalue weighted by Gasteiger charge is 2.79. The van der Waals surface area contributed by atoms with Gasteiger partial charge in [0.05, 0.1) is 0 Å². The van der Waals surface area contributed by atoms with Crippen LogP contribution in [0.25, 0.3) is 6.08 Å². The number of hydrogen-bond acceptors (Lipinski definition) is 3. The number of amides is 2. The van der Waals surface area contributed by atoms with Gasteiger partial charge in [-0.25, -0.2) is 4.79 Å². The first-order valence-corrected chi connectivity index (χ1v) is 15.3. The minimum Gasteiger partial charge on any atom is -0.383 e. The predicted octanol–water partition coefficient (Wildman–Crippen LogP) is 7.63. The van der Waals surface area contributed by atoms with E-state index in [9.17, 15) is 27.9 Å². The van der Waals surface area contributed by atoms with Crippen molar-refractivity contribution in [2.24, 2.45) is 17.3 Å². The lowest BCUT2D eigenvalue weighted by molar-refractivity contribution is -0.362. The highest BCUT2D eigenvalue weighted by molar-refractivity contribution is 5.93. The number of halogens is 5. The lowest BCUT2D eigenvalue weighted by atomic mass is 9.50. The number of fused-ring (bicyclic) bond motifs is 4. The molecule has 4 aliphatic rings. The molecule has 2 unspecified atom stereocenters. The van der Waals surface area contributed by atoms with E-state index in [2.05, 4.69) is 10.6 Å². The molecule has 4 aliphatic carbocycles. The Balaban J connectivity index is 1.48. The van der Waals surface area contributed by atoms with Crippen molar-refractivity contribution in [1.82, 2.24) is 10.6 Å². The third-order valence-electron chi connectivity index (χ3n) is 10.3. The predicted molar refractivity (Wildman–Crippen MR) is 158 cm³/mol. The normalized spacial score (nSPS) is 30.9. The smallest absolute Gasteiger partial charge is 0.383 e. The van der Waals surface area contributed by atoms with Crippen LogP contribution >= 0.6 is 0 Å². The van der Waals surface area contributed by atoms with Crippen LogP contribution in [0, 0.1) is 17.3 Å². The van der Waals surface area contributed by atoms with E-state index in [1.165, 1.54) is 6.92 Å². The molecular formula is C34H41F5N2O3. The van der Waals surface area contributed by atoms with Crippen LogP contribution in [-0.2, 0) is 4.79 Å². The van der Waals surface area contributed by atoms with Crippen LogP contribution in [0.1, 0.15) is 89.7 Å². The summed E-state index contributed by atoms with van der Waals surface area (Å²) in [6.07, 6.45) is 0.773. The number of aliphatic hydroxyl groups is 1. The lowest BCUT2D eigenvalue weighted by Crippen LogP contribution is -2.65. The molecule has 0 heterocycles. The van der Waals surface area contributed by atoms with E-state index in [0.29, 0.717) is 32.2 Å². The van der Waals surface area contributed by atoms with Crippen LogP contribution in [0.5, 0.6) is 0 Å². The van der Waals surface area contributed by atoms with E-state index in [1.807, 2.05) is 51.1 Å². The third kappa shape index (κ3) is 5.52. The second kappa shape index (κ2) is 11.1. The van der Waals surface area contributed by atoms with E-state index >= 15 is 8.78 Å². The Morgan fingerprint density at radius 1 is 1.05 bits per heavy atom. The summed E-state index contributed by atoms with van der Waals surface area (Å²) in [6, 6.07) is 7.13. The second-order valence-corrected chi connectivity index (χ2v) is 14.1. The van der Waals surface area contributed by atoms with Gasteiger partial charge in [0.15, 0.2) is 5.78 Å². The average Bonchev–Trinajstić information content (AvgIpc) is 3.20. The fraction of sp³-hybridized carbons (Fsp3) is 0.588. The molecule has 2 saturated carbocycles. The number of alkyl halides is 5. The molecule has 10 heteroatoms. The van der Waals surface area contributed by atoms with E-state index < -0.39 is 41.4 Å². The van der Waals surface area contributed by atoms with Gasteiger partial charge in [0, 0.05) is 29.8 Å². The molecule has 240 valence electrons. The number of allylic oxidation sites excluding steroid dienone is 4. The van der Waals surface area contributed by atoms with Crippen molar-refractivity contribution in [3.8, 4) is 0 Å². The highest BCUT2D eigenvalue weighted by atomic mass is 19.4. The topological polar surface area (TPSA) is 78.4 Å². The monoisotopic (exact) mass is 620 g/mol. The van der Waals surface area contributed by atoms with Crippen molar-refractivity contribution in [2.45, 2.75) is 102 Å². The van der Waals surface area contributed by atoms with Crippen LogP contribution in [0.4, 0.5) is 26.7 Å². The summed E-state index contributed by atoms with van der Waals surface area (Å²) < 4.78 is 71.6. The van der Waals surface area contributed by atoms with Crippen LogP contribution < -0.4 is 10.6 Å². The maximum absolute atomic E-state index is 15.2. The number of hydrogen-bond donors (Lipinski definition) is 3. The summed E-state index contributed by atoms with van der Waals surface area (Å²) in [5.74, 6) is -6.50.